The van der Waals surface area contributed by atoms with Crippen LogP contribution in [0.1, 0.15) is 130 Å². The largest absolute Gasteiger partial charge is 0.509 e. The van der Waals surface area contributed by atoms with Gasteiger partial charge in [-0.3, -0.25) is 0 Å². The van der Waals surface area contributed by atoms with Gasteiger partial charge in [0.25, 0.3) is 0 Å². The molecule has 410 valence electrons. The molecule has 0 atom stereocenters. The Hall–Kier alpha value is -7.41. The van der Waals surface area contributed by atoms with Gasteiger partial charge in [-0.25, -0.2) is 18.2 Å². The van der Waals surface area contributed by atoms with Gasteiger partial charge in [0.05, 0.1) is 5.56 Å². The number of para-hydroxylation sites is 3. The maximum atomic E-state index is 16.7. The first-order valence-corrected chi connectivity index (χ1v) is 27.2. The van der Waals surface area contributed by atoms with Gasteiger partial charge < -0.3 is 19.1 Å². The Morgan fingerprint density at radius 2 is 1.19 bits per heavy atom. The number of hydrogen-bond donors (Lipinski definition) is 0. The van der Waals surface area contributed by atoms with Crippen molar-refractivity contribution in [3.8, 4) is 50.7 Å². The molecule has 9 heteroatoms. The Labute approximate surface area is 485 Å². The quantitative estimate of drug-likeness (QED) is 0.121. The van der Waals surface area contributed by atoms with Crippen LogP contribution in [0.3, 0.4) is 0 Å². The molecule has 0 N–H and O–H groups in total. The van der Waals surface area contributed by atoms with Crippen molar-refractivity contribution >= 4 is 44.6 Å². The van der Waals surface area contributed by atoms with Crippen molar-refractivity contribution in [3.05, 3.63) is 222 Å². The number of halogens is 3. The molecule has 10 aromatic rings. The van der Waals surface area contributed by atoms with Crippen LogP contribution in [0.15, 0.2) is 158 Å². The second-order valence-electron chi connectivity index (χ2n) is 23.8. The molecule has 3 heterocycles. The molecule has 1 aliphatic rings. The Kier molecular flexibility index (Phi) is 14.7. The first-order chi connectivity index (χ1) is 37.9. The molecule has 0 radical (unpaired) electrons. The summed E-state index contributed by atoms with van der Waals surface area (Å²) in [4.78, 5) is 8.91. The van der Waals surface area contributed by atoms with E-state index < -0.39 is 28.8 Å². The van der Waals surface area contributed by atoms with E-state index >= 15 is 8.78 Å². The standard InChI is InChI=1S/C71H66F3N4O.Pt/c1-42(2)45-29-46(43(3)4)31-47(30-45)59-34-50(71(10,11)12)35-60(68-61(73)37-51(72)38-62(68)74)69(59)77-41-76(64-23-17-18-24-65(64)77)52-32-48(56-20-14-13-19-55(56)44(5)6)33-54(39-52)79-53-25-26-58-57-21-15-16-22-63(57)78(66(58)40-53)67-36-49(27-28-75-67)70(7,8)9;/h13-38,41-44H,1-12H3;/q-3;/i44D;. The van der Waals surface area contributed by atoms with E-state index in [-0.39, 0.29) is 49.4 Å². The average Bonchev–Trinajstić information content (AvgIpc) is 3.96. The fourth-order valence-electron chi connectivity index (χ4n) is 10.9. The predicted octanol–water partition coefficient (Wildman–Crippen LogP) is 20.4. The third kappa shape index (κ3) is 10.5. The zero-order valence-electron chi connectivity index (χ0n) is 48.4. The summed E-state index contributed by atoms with van der Waals surface area (Å²) >= 11 is 0. The summed E-state index contributed by atoms with van der Waals surface area (Å²) < 4.78 is 66.8. The van der Waals surface area contributed by atoms with E-state index in [4.69, 9.17) is 9.72 Å². The molecule has 5 nitrogen and oxygen atoms in total. The predicted molar refractivity (Wildman–Crippen MR) is 320 cm³/mol. The van der Waals surface area contributed by atoms with Crippen LogP contribution in [0.25, 0.3) is 61.0 Å². The number of rotatable bonds is 11. The van der Waals surface area contributed by atoms with Gasteiger partial charge in [0, 0.05) is 86.0 Å². The van der Waals surface area contributed by atoms with Crippen LogP contribution in [0.4, 0.5) is 35.9 Å². The van der Waals surface area contributed by atoms with Gasteiger partial charge in [-0.05, 0) is 115 Å². The van der Waals surface area contributed by atoms with E-state index in [1.165, 1.54) is 0 Å². The number of nitrogens with zero attached hydrogens (tertiary/aromatic N) is 4. The van der Waals surface area contributed by atoms with Crippen molar-refractivity contribution in [3.63, 3.8) is 0 Å². The molecule has 0 spiro atoms. The number of aromatic nitrogens is 2. The number of benzene rings is 8. The van der Waals surface area contributed by atoms with Crippen LogP contribution in [-0.4, -0.2) is 9.55 Å². The van der Waals surface area contributed by atoms with E-state index in [9.17, 15) is 5.76 Å². The third-order valence-corrected chi connectivity index (χ3v) is 15.2. The zero-order valence-corrected chi connectivity index (χ0v) is 49.7. The van der Waals surface area contributed by atoms with Crippen molar-refractivity contribution in [2.24, 2.45) is 0 Å². The van der Waals surface area contributed by atoms with Gasteiger partial charge in [0.15, 0.2) is 0 Å². The van der Waals surface area contributed by atoms with E-state index in [1.54, 1.807) is 0 Å². The third-order valence-electron chi connectivity index (χ3n) is 15.2. The molecule has 0 saturated heterocycles. The summed E-state index contributed by atoms with van der Waals surface area (Å²) in [6.07, 6.45) is 1.86. The molecule has 11 rings (SSSR count). The van der Waals surface area contributed by atoms with Crippen molar-refractivity contribution < 1.29 is 40.3 Å². The van der Waals surface area contributed by atoms with E-state index in [0.29, 0.717) is 22.9 Å². The van der Waals surface area contributed by atoms with Crippen molar-refractivity contribution in [2.45, 2.75) is 112 Å². The van der Waals surface area contributed by atoms with E-state index in [0.717, 1.165) is 101 Å². The number of anilines is 4. The molecule has 0 saturated carbocycles. The van der Waals surface area contributed by atoms with Crippen molar-refractivity contribution in [1.29, 1.82) is 0 Å². The summed E-state index contributed by atoms with van der Waals surface area (Å²) in [5.41, 5.74) is 12.1. The fraction of sp³-hybridized carbons (Fsp3) is 0.239. The molecule has 0 aliphatic carbocycles. The van der Waals surface area contributed by atoms with Crippen molar-refractivity contribution in [2.75, 3.05) is 9.80 Å². The molecule has 0 bridgehead atoms. The normalized spacial score (nSPS) is 13.1. The van der Waals surface area contributed by atoms with Gasteiger partial charge in [-0.15, -0.1) is 53.6 Å². The number of pyridine rings is 1. The average molecular weight is 1240 g/mol. The van der Waals surface area contributed by atoms with Gasteiger partial charge in [0.2, 0.25) is 0 Å². The van der Waals surface area contributed by atoms with Crippen LogP contribution in [0.2, 0.25) is 0 Å². The first kappa shape index (κ1) is 54.5. The molecule has 0 amide bonds. The summed E-state index contributed by atoms with van der Waals surface area (Å²) in [5.74, 6) is -2.00. The first-order valence-electron chi connectivity index (χ1n) is 27.7. The van der Waals surface area contributed by atoms with Crippen LogP contribution in [-0.2, 0) is 31.9 Å². The number of fused-ring (bicyclic) bond motifs is 4. The van der Waals surface area contributed by atoms with Crippen LogP contribution in [0, 0.1) is 36.3 Å². The molecule has 8 aromatic carbocycles. The minimum absolute atomic E-state index is 0. The molecule has 0 unspecified atom stereocenters. The molecule has 80 heavy (non-hydrogen) atoms. The molecule has 2 aromatic heterocycles. The summed E-state index contributed by atoms with van der Waals surface area (Å²) in [7, 11) is 0. The van der Waals surface area contributed by atoms with Crippen molar-refractivity contribution in [1.82, 2.24) is 9.55 Å². The van der Waals surface area contributed by atoms with Gasteiger partial charge >= 0.3 is 0 Å². The Morgan fingerprint density at radius 1 is 0.575 bits per heavy atom. The molecular weight excluding hydrogens is 1180 g/mol. The van der Waals surface area contributed by atoms with Gasteiger partial charge in [-0.2, -0.15) is 6.07 Å². The smallest absolute Gasteiger partial charge is 0.136 e. The minimum Gasteiger partial charge on any atom is -0.509 e. The second-order valence-corrected chi connectivity index (χ2v) is 23.8. The minimum atomic E-state index is -1.01. The zero-order chi connectivity index (χ0) is 56.7. The summed E-state index contributed by atoms with van der Waals surface area (Å²) in [6, 6.07) is 55.7. The second kappa shape index (κ2) is 21.6. The van der Waals surface area contributed by atoms with E-state index in [1.807, 2.05) is 121 Å². The van der Waals surface area contributed by atoms with Crippen LogP contribution >= 0.6 is 0 Å². The maximum Gasteiger partial charge on any atom is 0.136 e. The maximum absolute atomic E-state index is 16.7. The SMILES string of the molecule is [2H]C(C)(C)c1ccccc1-c1cc(Oc2[c-]c3c(cc2)c2ccccc2n3-c2cc(C(C)(C)C)ccn2)[c-]c(N2[CH-]N(c3c(-c4cc(C(C)C)cc(C(C)C)c4)cc(C(C)(C)C)cc3-c3c(F)cc(F)cc3F)c3ccccc32)c1.[Pt]. The molecule has 0 fully saturated rings. The van der Waals surface area contributed by atoms with Gasteiger partial charge in [-0.1, -0.05) is 161 Å². The molecule has 1 aliphatic heterocycles. The monoisotopic (exact) mass is 1240 g/mol. The molecular formula is C71H66F3N4OPt-3. The topological polar surface area (TPSA) is 33.5 Å². The Balaban J connectivity index is 0.00000736. The van der Waals surface area contributed by atoms with Crippen LogP contribution < -0.4 is 14.5 Å². The number of ether oxygens (including phenoxy) is 1. The summed E-state index contributed by atoms with van der Waals surface area (Å²) in [6.45, 7) is 27.2. The fourth-order valence-corrected chi connectivity index (χ4v) is 10.9. The van der Waals surface area contributed by atoms with Gasteiger partial charge in [0.1, 0.15) is 23.3 Å². The number of hydrogen-bond acceptors (Lipinski definition) is 4. The Bertz CT molecular complexity index is 4000. The summed E-state index contributed by atoms with van der Waals surface area (Å²) in [5, 5.41) is 2.05. The van der Waals surface area contributed by atoms with E-state index in [2.05, 4.69) is 141 Å². The Morgan fingerprint density at radius 3 is 1.85 bits per heavy atom. The van der Waals surface area contributed by atoms with Crippen LogP contribution in [0.5, 0.6) is 11.5 Å².